The minimum Gasteiger partial charge on any atom is -0.306 e. The molecule has 1 rings (SSSR count). The van der Waals surface area contributed by atoms with Gasteiger partial charge in [0.15, 0.2) is 0 Å². The highest BCUT2D eigenvalue weighted by Gasteiger charge is 2.08. The van der Waals surface area contributed by atoms with Crippen LogP contribution in [0.4, 0.5) is 0 Å². The van der Waals surface area contributed by atoms with Gasteiger partial charge in [-0.25, -0.2) is 9.97 Å². The van der Waals surface area contributed by atoms with E-state index in [2.05, 4.69) is 42.1 Å². The topological polar surface area (TPSA) is 37.8 Å². The maximum Gasteiger partial charge on any atom is 0.125 e. The summed E-state index contributed by atoms with van der Waals surface area (Å²) in [5, 5.41) is 3.39. The highest BCUT2D eigenvalue weighted by molar-refractivity contribution is 5.16. The van der Waals surface area contributed by atoms with Crippen molar-refractivity contribution in [1.29, 1.82) is 0 Å². The van der Waals surface area contributed by atoms with E-state index in [1.807, 2.05) is 13.0 Å². The minimum absolute atomic E-state index is 0.196. The molecule has 0 bridgehead atoms. The molecule has 0 aliphatic heterocycles. The molecule has 0 radical (unpaired) electrons. The van der Waals surface area contributed by atoms with E-state index in [1.165, 1.54) is 5.57 Å². The first kappa shape index (κ1) is 11.9. The third kappa shape index (κ3) is 3.80. The fraction of sp³-hybridized carbons (Fsp3) is 0.500. The molecule has 0 amide bonds. The average molecular weight is 205 g/mol. The van der Waals surface area contributed by atoms with Gasteiger partial charge in [-0.1, -0.05) is 18.6 Å². The molecule has 3 heteroatoms. The van der Waals surface area contributed by atoms with Crippen molar-refractivity contribution in [3.63, 3.8) is 0 Å². The van der Waals surface area contributed by atoms with Crippen LogP contribution in [0.25, 0.3) is 0 Å². The molecule has 0 saturated heterocycles. The molecule has 0 fully saturated rings. The largest absolute Gasteiger partial charge is 0.306 e. The first-order valence-corrected chi connectivity index (χ1v) is 5.31. The van der Waals surface area contributed by atoms with Crippen LogP contribution in [0.5, 0.6) is 0 Å². The Balaban J connectivity index is 2.93. The summed E-state index contributed by atoms with van der Waals surface area (Å²) in [6.45, 7) is 9.13. The molecular formula is C12H19N3. The predicted molar refractivity (Wildman–Crippen MR) is 62.6 cm³/mol. The molecule has 0 aliphatic carbocycles. The lowest BCUT2D eigenvalue weighted by molar-refractivity contribution is 0.625. The molecule has 1 atom stereocenters. The predicted octanol–water partition coefficient (Wildman–Crippen LogP) is 2.40. The van der Waals surface area contributed by atoms with Crippen LogP contribution in [-0.2, 0) is 0 Å². The first-order chi connectivity index (χ1) is 7.13. The van der Waals surface area contributed by atoms with Crippen molar-refractivity contribution in [2.24, 2.45) is 0 Å². The van der Waals surface area contributed by atoms with Crippen LogP contribution in [-0.4, -0.2) is 16.5 Å². The normalized spacial score (nSPS) is 12.3. The number of rotatable bonds is 4. The molecule has 15 heavy (non-hydrogen) atoms. The zero-order valence-electron chi connectivity index (χ0n) is 9.91. The van der Waals surface area contributed by atoms with Gasteiger partial charge >= 0.3 is 0 Å². The van der Waals surface area contributed by atoms with Crippen LogP contribution in [0.3, 0.4) is 0 Å². The Labute approximate surface area is 91.7 Å². The van der Waals surface area contributed by atoms with Crippen molar-refractivity contribution >= 4 is 0 Å². The first-order valence-electron chi connectivity index (χ1n) is 5.31. The number of hydrogen-bond acceptors (Lipinski definition) is 3. The van der Waals surface area contributed by atoms with Gasteiger partial charge in [0, 0.05) is 6.20 Å². The van der Waals surface area contributed by atoms with Crippen LogP contribution in [0.2, 0.25) is 0 Å². The molecule has 0 aromatic carbocycles. The molecule has 1 unspecified atom stereocenters. The standard InChI is InChI=1S/C12H19N3/c1-5-13-12(8-9(2)3)11-6-7-14-10(4)15-11/h6-8,12-13H,5H2,1-4H3. The van der Waals surface area contributed by atoms with Crippen LogP contribution in [0.15, 0.2) is 23.9 Å². The van der Waals surface area contributed by atoms with Crippen LogP contribution in [0.1, 0.15) is 38.3 Å². The Morgan fingerprint density at radius 3 is 2.80 bits per heavy atom. The maximum absolute atomic E-state index is 4.43. The molecule has 1 heterocycles. The second-order valence-corrected chi connectivity index (χ2v) is 3.81. The van der Waals surface area contributed by atoms with Gasteiger partial charge < -0.3 is 5.32 Å². The fourth-order valence-electron chi connectivity index (χ4n) is 1.45. The van der Waals surface area contributed by atoms with Crippen molar-refractivity contribution in [3.8, 4) is 0 Å². The van der Waals surface area contributed by atoms with Gasteiger partial charge in [0.2, 0.25) is 0 Å². The monoisotopic (exact) mass is 205 g/mol. The zero-order chi connectivity index (χ0) is 11.3. The smallest absolute Gasteiger partial charge is 0.125 e. The van der Waals surface area contributed by atoms with Gasteiger partial charge in [-0.2, -0.15) is 0 Å². The number of nitrogens with one attached hydrogen (secondary N) is 1. The Morgan fingerprint density at radius 1 is 1.53 bits per heavy atom. The summed E-state index contributed by atoms with van der Waals surface area (Å²) in [4.78, 5) is 8.53. The molecule has 0 spiro atoms. The molecular weight excluding hydrogens is 186 g/mol. The minimum atomic E-state index is 0.196. The summed E-state index contributed by atoms with van der Waals surface area (Å²) in [5.41, 5.74) is 2.32. The summed E-state index contributed by atoms with van der Waals surface area (Å²) in [6.07, 6.45) is 3.99. The average Bonchev–Trinajstić information content (AvgIpc) is 2.16. The summed E-state index contributed by atoms with van der Waals surface area (Å²) < 4.78 is 0. The van der Waals surface area contributed by atoms with Crippen molar-refractivity contribution in [1.82, 2.24) is 15.3 Å². The quantitative estimate of drug-likeness (QED) is 0.767. The van der Waals surface area contributed by atoms with Crippen LogP contribution >= 0.6 is 0 Å². The number of allylic oxidation sites excluding steroid dienone is 1. The molecule has 3 nitrogen and oxygen atoms in total. The SMILES string of the molecule is CCNC(C=C(C)C)c1ccnc(C)n1. The van der Waals surface area contributed by atoms with E-state index in [0.717, 1.165) is 18.1 Å². The van der Waals surface area contributed by atoms with Crippen molar-refractivity contribution in [2.75, 3.05) is 6.54 Å². The summed E-state index contributed by atoms with van der Waals surface area (Å²) in [7, 11) is 0. The lowest BCUT2D eigenvalue weighted by atomic mass is 10.1. The summed E-state index contributed by atoms with van der Waals surface area (Å²) >= 11 is 0. The fourth-order valence-corrected chi connectivity index (χ4v) is 1.45. The van der Waals surface area contributed by atoms with E-state index >= 15 is 0 Å². The lowest BCUT2D eigenvalue weighted by Gasteiger charge is -2.14. The van der Waals surface area contributed by atoms with E-state index < -0.39 is 0 Å². The van der Waals surface area contributed by atoms with Gasteiger partial charge in [-0.15, -0.1) is 0 Å². The van der Waals surface area contributed by atoms with Crippen LogP contribution in [0, 0.1) is 6.92 Å². The number of likely N-dealkylation sites (N-methyl/N-ethyl adjacent to an activating group) is 1. The van der Waals surface area contributed by atoms with E-state index in [4.69, 9.17) is 0 Å². The second kappa shape index (κ2) is 5.61. The third-order valence-electron chi connectivity index (χ3n) is 2.04. The number of aromatic nitrogens is 2. The van der Waals surface area contributed by atoms with Gasteiger partial charge in [0.05, 0.1) is 11.7 Å². The number of aryl methyl sites for hydroxylation is 1. The number of hydrogen-bond donors (Lipinski definition) is 1. The molecule has 1 aromatic heterocycles. The highest BCUT2D eigenvalue weighted by atomic mass is 15.0. The maximum atomic E-state index is 4.43. The second-order valence-electron chi connectivity index (χ2n) is 3.81. The van der Waals surface area contributed by atoms with Crippen molar-refractivity contribution < 1.29 is 0 Å². The molecule has 1 aromatic rings. The molecule has 0 aliphatic rings. The van der Waals surface area contributed by atoms with E-state index in [1.54, 1.807) is 6.20 Å². The third-order valence-corrected chi connectivity index (χ3v) is 2.04. The number of nitrogens with zero attached hydrogens (tertiary/aromatic N) is 2. The Kier molecular flexibility index (Phi) is 4.43. The zero-order valence-corrected chi connectivity index (χ0v) is 9.91. The highest BCUT2D eigenvalue weighted by Crippen LogP contribution is 2.13. The molecule has 82 valence electrons. The summed E-state index contributed by atoms with van der Waals surface area (Å²) in [5.74, 6) is 0.817. The lowest BCUT2D eigenvalue weighted by Crippen LogP contribution is -2.20. The van der Waals surface area contributed by atoms with Crippen molar-refractivity contribution in [2.45, 2.75) is 33.7 Å². The van der Waals surface area contributed by atoms with Gasteiger partial charge in [-0.05, 0) is 33.4 Å². The Bertz CT molecular complexity index is 340. The van der Waals surface area contributed by atoms with Gasteiger partial charge in [-0.3, -0.25) is 0 Å². The van der Waals surface area contributed by atoms with Crippen LogP contribution < -0.4 is 5.32 Å². The molecule has 1 N–H and O–H groups in total. The van der Waals surface area contributed by atoms with Gasteiger partial charge in [0.1, 0.15) is 5.82 Å². The van der Waals surface area contributed by atoms with E-state index in [9.17, 15) is 0 Å². The molecule has 0 saturated carbocycles. The van der Waals surface area contributed by atoms with Crippen molar-refractivity contribution in [3.05, 3.63) is 35.4 Å². The van der Waals surface area contributed by atoms with E-state index in [-0.39, 0.29) is 6.04 Å². The van der Waals surface area contributed by atoms with Gasteiger partial charge in [0.25, 0.3) is 0 Å². The Hall–Kier alpha value is -1.22. The summed E-state index contributed by atoms with van der Waals surface area (Å²) in [6, 6.07) is 2.15. The van der Waals surface area contributed by atoms with E-state index in [0.29, 0.717) is 0 Å². The Morgan fingerprint density at radius 2 is 2.27 bits per heavy atom.